The molecule has 1 fully saturated rings. The lowest BCUT2D eigenvalue weighted by Gasteiger charge is -2.21. The van der Waals surface area contributed by atoms with Crippen molar-refractivity contribution in [1.82, 2.24) is 15.2 Å². The van der Waals surface area contributed by atoms with Gasteiger partial charge in [-0.1, -0.05) is 42.7 Å². The second-order valence-corrected chi connectivity index (χ2v) is 7.21. The van der Waals surface area contributed by atoms with Crippen LogP contribution in [0.3, 0.4) is 0 Å². The molecule has 4 nitrogen and oxygen atoms in total. The molecule has 0 amide bonds. The highest BCUT2D eigenvalue weighted by molar-refractivity contribution is 7.18. The molecule has 1 saturated carbocycles. The molecular formula is C18H20N4S. The fourth-order valence-corrected chi connectivity index (χ4v) is 4.00. The number of hydrogen-bond acceptors (Lipinski definition) is 5. The maximum Gasteiger partial charge on any atom is 0.206 e. The third-order valence-corrected chi connectivity index (χ3v) is 5.51. The van der Waals surface area contributed by atoms with E-state index < -0.39 is 0 Å². The molecule has 0 bridgehead atoms. The van der Waals surface area contributed by atoms with E-state index in [0.717, 1.165) is 33.6 Å². The molecule has 2 aromatic heterocycles. The highest BCUT2D eigenvalue weighted by Gasteiger charge is 2.14. The summed E-state index contributed by atoms with van der Waals surface area (Å²) in [5.74, 6) is 0.796. The van der Waals surface area contributed by atoms with Crippen LogP contribution in [0.1, 0.15) is 32.1 Å². The third-order valence-electron chi connectivity index (χ3n) is 4.58. The summed E-state index contributed by atoms with van der Waals surface area (Å²) in [6, 6.07) is 8.37. The zero-order chi connectivity index (χ0) is 15.5. The van der Waals surface area contributed by atoms with Crippen molar-refractivity contribution in [3.63, 3.8) is 0 Å². The van der Waals surface area contributed by atoms with Gasteiger partial charge in [-0.05, 0) is 36.3 Å². The van der Waals surface area contributed by atoms with Gasteiger partial charge in [-0.15, -0.1) is 10.2 Å². The number of benzene rings is 1. The predicted octanol–water partition coefficient (Wildman–Crippen LogP) is 4.75. The average molecular weight is 324 g/mol. The molecule has 1 aliphatic rings. The summed E-state index contributed by atoms with van der Waals surface area (Å²) in [6.45, 7) is 1.03. The number of aromatic nitrogens is 3. The summed E-state index contributed by atoms with van der Waals surface area (Å²) < 4.78 is 0. The van der Waals surface area contributed by atoms with Crippen molar-refractivity contribution >= 4 is 27.2 Å². The summed E-state index contributed by atoms with van der Waals surface area (Å²) in [4.78, 5) is 4.15. The molecule has 0 spiro atoms. The van der Waals surface area contributed by atoms with Gasteiger partial charge in [0.25, 0.3) is 0 Å². The van der Waals surface area contributed by atoms with E-state index in [1.807, 2.05) is 18.5 Å². The van der Waals surface area contributed by atoms with Gasteiger partial charge in [0.2, 0.25) is 5.13 Å². The SMILES string of the molecule is c1cc2cc(-c3nnc(NCC4CCCCC4)s3)ccc2cn1. The Morgan fingerprint density at radius 2 is 1.96 bits per heavy atom. The first-order valence-corrected chi connectivity index (χ1v) is 9.12. The standard InChI is InChI=1S/C18H20N4S/c1-2-4-13(5-3-1)11-20-18-22-21-17(23-18)15-6-7-16-12-19-9-8-14(16)10-15/h6-10,12-13H,1-5,11H2,(H,20,22). The Bertz CT molecular complexity index is 792. The van der Waals surface area contributed by atoms with Crippen molar-refractivity contribution in [3.8, 4) is 10.6 Å². The van der Waals surface area contributed by atoms with Crippen molar-refractivity contribution in [2.45, 2.75) is 32.1 Å². The number of pyridine rings is 1. The zero-order valence-corrected chi connectivity index (χ0v) is 13.9. The van der Waals surface area contributed by atoms with Crippen LogP contribution in [0.15, 0.2) is 36.7 Å². The molecule has 0 saturated heterocycles. The van der Waals surface area contributed by atoms with E-state index in [-0.39, 0.29) is 0 Å². The molecule has 0 aliphatic heterocycles. The minimum absolute atomic E-state index is 0.796. The molecule has 5 heteroatoms. The fourth-order valence-electron chi connectivity index (χ4n) is 3.25. The maximum absolute atomic E-state index is 4.35. The van der Waals surface area contributed by atoms with Gasteiger partial charge in [0, 0.05) is 29.9 Å². The van der Waals surface area contributed by atoms with Crippen molar-refractivity contribution < 1.29 is 0 Å². The molecule has 1 aromatic carbocycles. The summed E-state index contributed by atoms with van der Waals surface area (Å²) in [7, 11) is 0. The Labute approximate surface area is 140 Å². The molecule has 0 unspecified atom stereocenters. The van der Waals surface area contributed by atoms with Crippen LogP contribution in [0.2, 0.25) is 0 Å². The monoisotopic (exact) mass is 324 g/mol. The van der Waals surface area contributed by atoms with Gasteiger partial charge in [0.15, 0.2) is 0 Å². The van der Waals surface area contributed by atoms with Gasteiger partial charge in [-0.3, -0.25) is 4.98 Å². The molecule has 0 atom stereocenters. The summed E-state index contributed by atoms with van der Waals surface area (Å²) in [6.07, 6.45) is 10.5. The topological polar surface area (TPSA) is 50.7 Å². The van der Waals surface area contributed by atoms with Crippen LogP contribution in [-0.2, 0) is 0 Å². The molecule has 3 aromatic rings. The Balaban J connectivity index is 1.47. The van der Waals surface area contributed by atoms with Gasteiger partial charge in [0.05, 0.1) is 0 Å². The lowest BCUT2D eigenvalue weighted by molar-refractivity contribution is 0.373. The average Bonchev–Trinajstić information content (AvgIpc) is 3.09. The van der Waals surface area contributed by atoms with Gasteiger partial charge >= 0.3 is 0 Å². The Morgan fingerprint density at radius 3 is 2.87 bits per heavy atom. The molecule has 4 rings (SSSR count). The van der Waals surface area contributed by atoms with E-state index in [9.17, 15) is 0 Å². The largest absolute Gasteiger partial charge is 0.360 e. The van der Waals surface area contributed by atoms with Crippen LogP contribution < -0.4 is 5.32 Å². The van der Waals surface area contributed by atoms with E-state index in [1.54, 1.807) is 11.3 Å². The number of anilines is 1. The Kier molecular flexibility index (Phi) is 4.20. The molecule has 23 heavy (non-hydrogen) atoms. The number of hydrogen-bond donors (Lipinski definition) is 1. The van der Waals surface area contributed by atoms with Crippen molar-refractivity contribution in [3.05, 3.63) is 36.7 Å². The third kappa shape index (κ3) is 3.34. The molecule has 2 heterocycles. The maximum atomic E-state index is 4.35. The van der Waals surface area contributed by atoms with E-state index in [0.29, 0.717) is 0 Å². The lowest BCUT2D eigenvalue weighted by atomic mass is 9.89. The number of fused-ring (bicyclic) bond motifs is 1. The molecule has 1 N–H and O–H groups in total. The van der Waals surface area contributed by atoms with Crippen molar-refractivity contribution in [1.29, 1.82) is 0 Å². The first-order chi connectivity index (χ1) is 11.4. The summed E-state index contributed by atoms with van der Waals surface area (Å²) in [5.41, 5.74) is 1.12. The zero-order valence-electron chi connectivity index (χ0n) is 13.0. The predicted molar refractivity (Wildman–Crippen MR) is 95.7 cm³/mol. The molecule has 1 aliphatic carbocycles. The van der Waals surface area contributed by atoms with E-state index in [1.165, 1.54) is 37.5 Å². The number of rotatable bonds is 4. The first kappa shape index (κ1) is 14.6. The Hall–Kier alpha value is -2.01. The fraction of sp³-hybridized carbons (Fsp3) is 0.389. The van der Waals surface area contributed by atoms with Crippen molar-refractivity contribution in [2.24, 2.45) is 5.92 Å². The summed E-state index contributed by atoms with van der Waals surface area (Å²) in [5, 5.41) is 16.4. The molecule has 118 valence electrons. The van der Waals surface area contributed by atoms with Gasteiger partial charge in [-0.25, -0.2) is 0 Å². The molecular weight excluding hydrogens is 304 g/mol. The second-order valence-electron chi connectivity index (χ2n) is 6.23. The van der Waals surface area contributed by atoms with Crippen LogP contribution in [0.25, 0.3) is 21.3 Å². The first-order valence-electron chi connectivity index (χ1n) is 8.30. The summed E-state index contributed by atoms with van der Waals surface area (Å²) >= 11 is 1.63. The quantitative estimate of drug-likeness (QED) is 0.752. The van der Waals surface area contributed by atoms with E-state index in [4.69, 9.17) is 0 Å². The minimum Gasteiger partial charge on any atom is -0.360 e. The van der Waals surface area contributed by atoms with Crippen molar-refractivity contribution in [2.75, 3.05) is 11.9 Å². The number of nitrogens with one attached hydrogen (secondary N) is 1. The van der Waals surface area contributed by atoms with Crippen LogP contribution >= 0.6 is 11.3 Å². The van der Waals surface area contributed by atoms with Crippen LogP contribution in [-0.4, -0.2) is 21.7 Å². The second kappa shape index (κ2) is 6.62. The van der Waals surface area contributed by atoms with E-state index in [2.05, 4.69) is 38.7 Å². The van der Waals surface area contributed by atoms with Gasteiger partial charge in [0.1, 0.15) is 5.01 Å². The van der Waals surface area contributed by atoms with Crippen LogP contribution in [0.5, 0.6) is 0 Å². The minimum atomic E-state index is 0.796. The normalized spacial score (nSPS) is 15.8. The lowest BCUT2D eigenvalue weighted by Crippen LogP contribution is -2.16. The van der Waals surface area contributed by atoms with Crippen LogP contribution in [0.4, 0.5) is 5.13 Å². The highest BCUT2D eigenvalue weighted by atomic mass is 32.1. The van der Waals surface area contributed by atoms with E-state index >= 15 is 0 Å². The molecule has 0 radical (unpaired) electrons. The smallest absolute Gasteiger partial charge is 0.206 e. The highest BCUT2D eigenvalue weighted by Crippen LogP contribution is 2.30. The van der Waals surface area contributed by atoms with Gasteiger partial charge in [-0.2, -0.15) is 0 Å². The van der Waals surface area contributed by atoms with Crippen LogP contribution in [0, 0.1) is 5.92 Å². The number of nitrogens with zero attached hydrogens (tertiary/aromatic N) is 3. The Morgan fingerprint density at radius 1 is 1.04 bits per heavy atom. The van der Waals surface area contributed by atoms with Gasteiger partial charge < -0.3 is 5.32 Å².